The summed E-state index contributed by atoms with van der Waals surface area (Å²) in [4.78, 5) is 2.35. The fourth-order valence-electron chi connectivity index (χ4n) is 5.03. The average molecular weight is 485 g/mol. The van der Waals surface area contributed by atoms with Gasteiger partial charge in [0.15, 0.2) is 0 Å². The Labute approximate surface area is 202 Å². The Morgan fingerprint density at radius 2 is 1.74 bits per heavy atom. The van der Waals surface area contributed by atoms with E-state index in [-0.39, 0.29) is 29.5 Å². The molecule has 0 saturated carbocycles. The molecule has 3 atom stereocenters. The lowest BCUT2D eigenvalue weighted by Gasteiger charge is -2.57. The number of benzene rings is 2. The second kappa shape index (κ2) is 10.6. The minimum Gasteiger partial charge on any atom is -0.395 e. The number of hydrogen-bond acceptors (Lipinski definition) is 4. The maximum absolute atomic E-state index is 13.4. The maximum Gasteiger partial charge on any atom is 0.243 e. The minimum atomic E-state index is -3.74. The Bertz CT molecular complexity index is 1140. The molecule has 4 rings (SSSR count). The summed E-state index contributed by atoms with van der Waals surface area (Å²) in [5.74, 6) is 6.52. The summed E-state index contributed by atoms with van der Waals surface area (Å²) < 4.78 is 41.6. The van der Waals surface area contributed by atoms with E-state index in [4.69, 9.17) is 0 Å². The first-order chi connectivity index (χ1) is 16.3. The largest absolute Gasteiger partial charge is 0.395 e. The Morgan fingerprint density at radius 3 is 2.38 bits per heavy atom. The summed E-state index contributed by atoms with van der Waals surface area (Å²) in [7, 11) is -3.74. The van der Waals surface area contributed by atoms with E-state index in [1.807, 2.05) is 12.1 Å². The van der Waals surface area contributed by atoms with Gasteiger partial charge in [-0.25, -0.2) is 12.8 Å². The molecule has 0 unspecified atom stereocenters. The number of sulfonamides is 1. The van der Waals surface area contributed by atoms with Gasteiger partial charge in [-0.3, -0.25) is 4.90 Å². The van der Waals surface area contributed by atoms with Crippen molar-refractivity contribution in [3.05, 3.63) is 65.5 Å². The number of aliphatic hydroxyl groups excluding tert-OH is 1. The molecule has 0 bridgehead atoms. The van der Waals surface area contributed by atoms with Gasteiger partial charge in [-0.05, 0) is 67.3 Å². The Balaban J connectivity index is 1.57. The predicted molar refractivity (Wildman–Crippen MR) is 131 cm³/mol. The summed E-state index contributed by atoms with van der Waals surface area (Å²) in [5.41, 5.74) is 2.05. The van der Waals surface area contributed by atoms with Crippen LogP contribution in [0.2, 0.25) is 0 Å². The molecular formula is C27H33FN2O3S. The molecule has 2 aliphatic heterocycles. The molecule has 0 radical (unpaired) electrons. The summed E-state index contributed by atoms with van der Waals surface area (Å²) in [6.07, 6.45) is 2.46. The van der Waals surface area contributed by atoms with E-state index in [1.54, 1.807) is 0 Å². The summed E-state index contributed by atoms with van der Waals surface area (Å²) in [5, 5.41) is 10.1. The highest BCUT2D eigenvalue weighted by Crippen LogP contribution is 2.42. The number of fused-ring (bicyclic) bond motifs is 1. The van der Waals surface area contributed by atoms with E-state index in [0.29, 0.717) is 19.0 Å². The summed E-state index contributed by atoms with van der Waals surface area (Å²) in [6, 6.07) is 13.1. The molecule has 2 aromatic rings. The number of hydrogen-bond donors (Lipinski definition) is 1. The van der Waals surface area contributed by atoms with Crippen LogP contribution in [0, 0.1) is 23.6 Å². The molecule has 2 saturated heterocycles. The van der Waals surface area contributed by atoms with E-state index in [1.165, 1.54) is 28.6 Å². The molecule has 2 fully saturated rings. The monoisotopic (exact) mass is 484 g/mol. The third kappa shape index (κ3) is 5.21. The zero-order valence-electron chi connectivity index (χ0n) is 19.8. The zero-order valence-corrected chi connectivity index (χ0v) is 20.6. The van der Waals surface area contributed by atoms with Crippen LogP contribution in [-0.4, -0.2) is 61.1 Å². The third-order valence-electron chi connectivity index (χ3n) is 6.82. The molecule has 0 aliphatic carbocycles. The van der Waals surface area contributed by atoms with Crippen LogP contribution in [0.1, 0.15) is 50.2 Å². The van der Waals surface area contributed by atoms with Crippen LogP contribution in [0.25, 0.3) is 0 Å². The number of halogens is 1. The van der Waals surface area contributed by atoms with Gasteiger partial charge in [0.05, 0.1) is 11.5 Å². The van der Waals surface area contributed by atoms with Crippen molar-refractivity contribution in [2.45, 2.75) is 56.0 Å². The molecule has 0 aromatic heterocycles. The standard InChI is InChI=1S/C27H33FN2O3S/c1-20(2)6-5-7-21-8-10-22(11-9-21)27-25-18-29(16-3-4-17-30(25)26(27)19-31)34(32,33)24-14-12-23(28)13-15-24/h8-15,20,25-27,31H,3-4,6,16-19H2,1-2H3/t25-,26+,27+/m1/s1. The van der Waals surface area contributed by atoms with Gasteiger partial charge in [0.2, 0.25) is 10.0 Å². The van der Waals surface area contributed by atoms with E-state index in [2.05, 4.69) is 42.7 Å². The SMILES string of the molecule is CC(C)CC#Cc1ccc([C@H]2[C@H]3CN(S(=O)(=O)c4ccc(F)cc4)CCCCN3[C@H]2CO)cc1. The molecule has 2 heterocycles. The van der Waals surface area contributed by atoms with Crippen molar-refractivity contribution in [1.29, 1.82) is 0 Å². The Kier molecular flexibility index (Phi) is 7.73. The molecular weight excluding hydrogens is 451 g/mol. The first kappa shape index (κ1) is 24.9. The minimum absolute atomic E-state index is 0.0226. The van der Waals surface area contributed by atoms with E-state index in [0.717, 1.165) is 36.9 Å². The lowest BCUT2D eigenvalue weighted by atomic mass is 9.74. The number of rotatable bonds is 5. The first-order valence-corrected chi connectivity index (χ1v) is 13.5. The summed E-state index contributed by atoms with van der Waals surface area (Å²) >= 11 is 0. The van der Waals surface area contributed by atoms with E-state index >= 15 is 0 Å². The van der Waals surface area contributed by atoms with Crippen LogP contribution in [0.4, 0.5) is 4.39 Å². The molecule has 0 spiro atoms. The number of nitrogens with zero attached hydrogens (tertiary/aromatic N) is 2. The predicted octanol–water partition coefficient (Wildman–Crippen LogP) is 3.84. The zero-order chi connectivity index (χ0) is 24.3. The van der Waals surface area contributed by atoms with Crippen molar-refractivity contribution in [3.63, 3.8) is 0 Å². The van der Waals surface area contributed by atoms with Gasteiger partial charge >= 0.3 is 0 Å². The van der Waals surface area contributed by atoms with Crippen LogP contribution in [0.3, 0.4) is 0 Å². The smallest absolute Gasteiger partial charge is 0.243 e. The van der Waals surface area contributed by atoms with E-state index in [9.17, 15) is 17.9 Å². The maximum atomic E-state index is 13.4. The highest BCUT2D eigenvalue weighted by Gasteiger charge is 2.50. The molecule has 34 heavy (non-hydrogen) atoms. The molecule has 2 aliphatic rings. The Hall–Kier alpha value is -2.24. The van der Waals surface area contributed by atoms with Crippen LogP contribution >= 0.6 is 0 Å². The van der Waals surface area contributed by atoms with Gasteiger partial charge in [0.25, 0.3) is 0 Å². The fraction of sp³-hybridized carbons (Fsp3) is 0.481. The van der Waals surface area contributed by atoms with E-state index < -0.39 is 15.8 Å². The molecule has 1 N–H and O–H groups in total. The average Bonchev–Trinajstić information content (AvgIpc) is 2.79. The molecule has 182 valence electrons. The van der Waals surface area contributed by atoms with Gasteiger partial charge in [-0.2, -0.15) is 4.31 Å². The van der Waals surface area contributed by atoms with Crippen molar-refractivity contribution in [2.75, 3.05) is 26.2 Å². The van der Waals surface area contributed by atoms with Crippen LogP contribution in [0.15, 0.2) is 53.4 Å². The van der Waals surface area contributed by atoms with Gasteiger partial charge in [-0.15, -0.1) is 0 Å². The van der Waals surface area contributed by atoms with Crippen molar-refractivity contribution in [1.82, 2.24) is 9.21 Å². The Morgan fingerprint density at radius 1 is 1.06 bits per heavy atom. The topological polar surface area (TPSA) is 60.9 Å². The van der Waals surface area contributed by atoms with Crippen LogP contribution in [0.5, 0.6) is 0 Å². The van der Waals surface area contributed by atoms with Gasteiger partial charge in [0.1, 0.15) is 5.82 Å². The lowest BCUT2D eigenvalue weighted by molar-refractivity contribution is -0.0553. The van der Waals surface area contributed by atoms with Crippen LogP contribution in [-0.2, 0) is 10.0 Å². The van der Waals surface area contributed by atoms with Gasteiger partial charge in [-0.1, -0.05) is 37.8 Å². The molecule has 2 aromatic carbocycles. The van der Waals surface area contributed by atoms with Crippen molar-refractivity contribution >= 4 is 10.0 Å². The second-order valence-corrected chi connectivity index (χ2v) is 11.6. The summed E-state index contributed by atoms with van der Waals surface area (Å²) in [6.45, 7) is 5.94. The normalized spacial score (nSPS) is 23.9. The second-order valence-electron chi connectivity index (χ2n) is 9.63. The molecule has 5 nitrogen and oxygen atoms in total. The van der Waals surface area contributed by atoms with Gasteiger partial charge in [0, 0.05) is 43.1 Å². The first-order valence-electron chi connectivity index (χ1n) is 12.0. The number of aliphatic hydroxyl groups is 1. The van der Waals surface area contributed by atoms with Crippen molar-refractivity contribution in [2.24, 2.45) is 5.92 Å². The fourth-order valence-corrected chi connectivity index (χ4v) is 6.53. The van der Waals surface area contributed by atoms with Crippen molar-refractivity contribution < 1.29 is 17.9 Å². The highest BCUT2D eigenvalue weighted by atomic mass is 32.2. The molecule has 7 heteroatoms. The lowest BCUT2D eigenvalue weighted by Crippen LogP contribution is -2.67. The highest BCUT2D eigenvalue weighted by molar-refractivity contribution is 7.89. The van der Waals surface area contributed by atoms with Crippen LogP contribution < -0.4 is 0 Å². The quantitative estimate of drug-likeness (QED) is 0.656. The van der Waals surface area contributed by atoms with Gasteiger partial charge < -0.3 is 5.11 Å². The molecule has 0 amide bonds. The third-order valence-corrected chi connectivity index (χ3v) is 8.70. The van der Waals surface area contributed by atoms with Crippen molar-refractivity contribution in [3.8, 4) is 11.8 Å².